The molecule has 0 radical (unpaired) electrons. The minimum absolute atomic E-state index is 0.101. The van der Waals surface area contributed by atoms with Crippen LogP contribution < -0.4 is 10.6 Å². The van der Waals surface area contributed by atoms with Crippen molar-refractivity contribution in [2.45, 2.75) is 39.2 Å². The molecule has 1 aromatic heterocycles. The molecule has 5 nitrogen and oxygen atoms in total. The lowest BCUT2D eigenvalue weighted by Gasteiger charge is -2.18. The number of amides is 2. The third-order valence-electron chi connectivity index (χ3n) is 3.06. The third kappa shape index (κ3) is 5.38. The van der Waals surface area contributed by atoms with Crippen molar-refractivity contribution in [2.75, 3.05) is 7.05 Å². The van der Waals surface area contributed by atoms with Crippen molar-refractivity contribution in [3.05, 3.63) is 30.1 Å². The van der Waals surface area contributed by atoms with Crippen molar-refractivity contribution in [3.63, 3.8) is 0 Å². The second-order valence-electron chi connectivity index (χ2n) is 5.04. The predicted octanol–water partition coefficient (Wildman–Crippen LogP) is 1.29. The van der Waals surface area contributed by atoms with Crippen LogP contribution in [0.1, 0.15) is 32.4 Å². The number of carbonyl (C=O) groups excluding carboxylic acids is 2. The molecule has 1 rings (SSSR count). The van der Waals surface area contributed by atoms with Crippen LogP contribution in [-0.4, -0.2) is 29.9 Å². The summed E-state index contributed by atoms with van der Waals surface area (Å²) in [5.74, 6) is -0.380. The van der Waals surface area contributed by atoms with E-state index in [0.29, 0.717) is 6.42 Å². The second-order valence-corrected chi connectivity index (χ2v) is 5.04. The zero-order valence-corrected chi connectivity index (χ0v) is 12.3. The number of nitrogens with zero attached hydrogens (tertiary/aromatic N) is 1. The number of pyridine rings is 1. The fraction of sp³-hybridized carbons (Fsp3) is 0.533. The molecule has 0 saturated carbocycles. The van der Waals surface area contributed by atoms with E-state index in [2.05, 4.69) is 15.6 Å². The Kier molecular flexibility index (Phi) is 6.70. The predicted molar refractivity (Wildman–Crippen MR) is 78.0 cm³/mol. The first-order valence-electron chi connectivity index (χ1n) is 6.96. The summed E-state index contributed by atoms with van der Waals surface area (Å²) in [5, 5.41) is 5.37. The average molecular weight is 277 g/mol. The van der Waals surface area contributed by atoms with E-state index in [1.807, 2.05) is 32.0 Å². The van der Waals surface area contributed by atoms with Crippen LogP contribution >= 0.6 is 0 Å². The van der Waals surface area contributed by atoms with Crippen LogP contribution in [0.2, 0.25) is 0 Å². The molecule has 1 aromatic rings. The minimum Gasteiger partial charge on any atom is -0.357 e. The Labute approximate surface area is 120 Å². The Morgan fingerprint density at radius 2 is 2.00 bits per heavy atom. The van der Waals surface area contributed by atoms with Gasteiger partial charge in [-0.15, -0.1) is 0 Å². The molecule has 1 unspecified atom stereocenters. The van der Waals surface area contributed by atoms with Crippen molar-refractivity contribution in [2.24, 2.45) is 5.92 Å². The molecule has 1 atom stereocenters. The van der Waals surface area contributed by atoms with Gasteiger partial charge in [0.25, 0.3) is 0 Å². The normalized spacial score (nSPS) is 12.0. The van der Waals surface area contributed by atoms with E-state index in [-0.39, 0.29) is 17.7 Å². The standard InChI is InChI=1S/C15H23N3O2/c1-11(2)14(19)18-13(15(20)16-3)9-6-8-12-7-4-5-10-17-12/h4-5,7,10-11,13H,6,8-9H2,1-3H3,(H,16,20)(H,18,19). The number of rotatable bonds is 7. The van der Waals surface area contributed by atoms with Gasteiger partial charge in [0, 0.05) is 24.9 Å². The Hall–Kier alpha value is -1.91. The van der Waals surface area contributed by atoms with E-state index in [1.165, 1.54) is 0 Å². The van der Waals surface area contributed by atoms with Gasteiger partial charge in [-0.05, 0) is 31.4 Å². The first kappa shape index (κ1) is 16.1. The molecule has 0 aromatic carbocycles. The maximum atomic E-state index is 11.8. The van der Waals surface area contributed by atoms with Crippen LogP contribution in [0.3, 0.4) is 0 Å². The van der Waals surface area contributed by atoms with Crippen LogP contribution in [0.15, 0.2) is 24.4 Å². The summed E-state index contributed by atoms with van der Waals surface area (Å²) in [7, 11) is 1.58. The van der Waals surface area contributed by atoms with Gasteiger partial charge in [-0.3, -0.25) is 14.6 Å². The fourth-order valence-electron chi connectivity index (χ4n) is 1.81. The summed E-state index contributed by atoms with van der Waals surface area (Å²) in [6.07, 6.45) is 3.96. The van der Waals surface area contributed by atoms with Crippen molar-refractivity contribution in [1.82, 2.24) is 15.6 Å². The van der Waals surface area contributed by atoms with Gasteiger partial charge >= 0.3 is 0 Å². The number of nitrogens with one attached hydrogen (secondary N) is 2. The van der Waals surface area contributed by atoms with E-state index in [4.69, 9.17) is 0 Å². The molecule has 2 N–H and O–H groups in total. The molecule has 0 aliphatic heterocycles. The van der Waals surface area contributed by atoms with E-state index >= 15 is 0 Å². The van der Waals surface area contributed by atoms with E-state index in [1.54, 1.807) is 13.2 Å². The molecule has 5 heteroatoms. The summed E-state index contributed by atoms with van der Waals surface area (Å²) in [6, 6.07) is 5.30. The quantitative estimate of drug-likeness (QED) is 0.789. The minimum atomic E-state index is -0.474. The Morgan fingerprint density at radius 1 is 1.25 bits per heavy atom. The number of aromatic nitrogens is 1. The van der Waals surface area contributed by atoms with Gasteiger partial charge < -0.3 is 10.6 Å². The van der Waals surface area contributed by atoms with Crippen molar-refractivity contribution in [3.8, 4) is 0 Å². The number of carbonyl (C=O) groups is 2. The topological polar surface area (TPSA) is 71.1 Å². The van der Waals surface area contributed by atoms with E-state index in [9.17, 15) is 9.59 Å². The molecule has 0 saturated heterocycles. The first-order valence-corrected chi connectivity index (χ1v) is 6.96. The number of aryl methyl sites for hydroxylation is 1. The SMILES string of the molecule is CNC(=O)C(CCCc1ccccn1)NC(=O)C(C)C. The largest absolute Gasteiger partial charge is 0.357 e. The first-order chi connectivity index (χ1) is 9.54. The van der Waals surface area contributed by atoms with Crippen molar-refractivity contribution < 1.29 is 9.59 Å². The third-order valence-corrected chi connectivity index (χ3v) is 3.06. The summed E-state index contributed by atoms with van der Waals surface area (Å²) >= 11 is 0. The Morgan fingerprint density at radius 3 is 2.55 bits per heavy atom. The van der Waals surface area contributed by atoms with E-state index in [0.717, 1.165) is 18.5 Å². The van der Waals surface area contributed by atoms with Gasteiger partial charge in [-0.1, -0.05) is 19.9 Å². The summed E-state index contributed by atoms with van der Waals surface area (Å²) in [6.45, 7) is 3.62. The molecule has 0 aliphatic carbocycles. The highest BCUT2D eigenvalue weighted by Gasteiger charge is 2.20. The highest BCUT2D eigenvalue weighted by Crippen LogP contribution is 2.05. The Balaban J connectivity index is 2.48. The molecule has 20 heavy (non-hydrogen) atoms. The van der Waals surface area contributed by atoms with Gasteiger partial charge in [0.1, 0.15) is 6.04 Å². The lowest BCUT2D eigenvalue weighted by Crippen LogP contribution is -2.47. The van der Waals surface area contributed by atoms with Gasteiger partial charge in [-0.25, -0.2) is 0 Å². The van der Waals surface area contributed by atoms with Crippen LogP contribution in [0.5, 0.6) is 0 Å². The highest BCUT2D eigenvalue weighted by atomic mass is 16.2. The number of hydrogen-bond acceptors (Lipinski definition) is 3. The van der Waals surface area contributed by atoms with Gasteiger partial charge in [0.2, 0.25) is 11.8 Å². The van der Waals surface area contributed by atoms with Crippen LogP contribution in [0.4, 0.5) is 0 Å². The van der Waals surface area contributed by atoms with Gasteiger partial charge in [-0.2, -0.15) is 0 Å². The number of likely N-dealkylation sites (N-methyl/N-ethyl adjacent to an activating group) is 1. The average Bonchev–Trinajstić information content (AvgIpc) is 2.46. The number of hydrogen-bond donors (Lipinski definition) is 2. The monoisotopic (exact) mass is 277 g/mol. The molecular formula is C15H23N3O2. The molecule has 0 aliphatic rings. The maximum Gasteiger partial charge on any atom is 0.242 e. The smallest absolute Gasteiger partial charge is 0.242 e. The van der Waals surface area contributed by atoms with Gasteiger partial charge in [0.05, 0.1) is 0 Å². The van der Waals surface area contributed by atoms with Crippen LogP contribution in [0, 0.1) is 5.92 Å². The lowest BCUT2D eigenvalue weighted by molar-refractivity contribution is -0.130. The lowest BCUT2D eigenvalue weighted by atomic mass is 10.1. The van der Waals surface area contributed by atoms with Crippen LogP contribution in [0.25, 0.3) is 0 Å². The van der Waals surface area contributed by atoms with Gasteiger partial charge in [0.15, 0.2) is 0 Å². The summed E-state index contributed by atoms with van der Waals surface area (Å²) in [5.41, 5.74) is 0.998. The summed E-state index contributed by atoms with van der Waals surface area (Å²) < 4.78 is 0. The fourth-order valence-corrected chi connectivity index (χ4v) is 1.81. The molecule has 2 amide bonds. The van der Waals surface area contributed by atoms with Crippen molar-refractivity contribution in [1.29, 1.82) is 0 Å². The zero-order chi connectivity index (χ0) is 15.0. The maximum absolute atomic E-state index is 11.8. The van der Waals surface area contributed by atoms with E-state index < -0.39 is 6.04 Å². The highest BCUT2D eigenvalue weighted by molar-refractivity contribution is 5.88. The molecular weight excluding hydrogens is 254 g/mol. The zero-order valence-electron chi connectivity index (χ0n) is 12.3. The van der Waals surface area contributed by atoms with Crippen LogP contribution in [-0.2, 0) is 16.0 Å². The second kappa shape index (κ2) is 8.30. The summed E-state index contributed by atoms with van der Waals surface area (Å²) in [4.78, 5) is 27.7. The molecule has 0 fully saturated rings. The molecule has 110 valence electrons. The van der Waals surface area contributed by atoms with Crippen molar-refractivity contribution >= 4 is 11.8 Å². The molecule has 0 spiro atoms. The molecule has 0 bridgehead atoms. The Bertz CT molecular complexity index is 432. The molecule has 1 heterocycles.